The average molecular weight is 373 g/mol. The van der Waals surface area contributed by atoms with Crippen molar-refractivity contribution in [3.63, 3.8) is 0 Å². The number of carbonyl (C=O) groups excluding carboxylic acids is 1. The van der Waals surface area contributed by atoms with Gasteiger partial charge in [-0.05, 0) is 44.0 Å². The summed E-state index contributed by atoms with van der Waals surface area (Å²) in [4.78, 5) is 18.8. The minimum atomic E-state index is -0.314. The van der Waals surface area contributed by atoms with Gasteiger partial charge in [0.1, 0.15) is 10.8 Å². The van der Waals surface area contributed by atoms with Crippen LogP contribution in [0.5, 0.6) is 0 Å². The summed E-state index contributed by atoms with van der Waals surface area (Å²) in [5, 5.41) is 13.0. The number of hydrogen-bond donors (Lipinski definition) is 0. The molecule has 1 aliphatic rings. The van der Waals surface area contributed by atoms with Crippen molar-refractivity contribution < 1.29 is 13.7 Å². The summed E-state index contributed by atoms with van der Waals surface area (Å²) in [6.45, 7) is 3.00. The topological polar surface area (TPSA) is 85.0 Å². The van der Waals surface area contributed by atoms with Crippen molar-refractivity contribution in [1.82, 2.24) is 25.2 Å². The SMILES string of the molecule is Cc1nnc(C(=O)N2CCCC(c3nc(-c4ccc(F)cc4)no3)C2)s1. The summed E-state index contributed by atoms with van der Waals surface area (Å²) in [7, 11) is 0. The molecular weight excluding hydrogens is 357 g/mol. The van der Waals surface area contributed by atoms with Crippen LogP contribution in [-0.4, -0.2) is 44.2 Å². The van der Waals surface area contributed by atoms with Crippen molar-refractivity contribution >= 4 is 17.2 Å². The third-order valence-electron chi connectivity index (χ3n) is 4.31. The maximum atomic E-state index is 13.0. The molecule has 134 valence electrons. The van der Waals surface area contributed by atoms with Gasteiger partial charge in [0.15, 0.2) is 0 Å². The van der Waals surface area contributed by atoms with Crippen molar-refractivity contribution in [1.29, 1.82) is 0 Å². The van der Waals surface area contributed by atoms with E-state index in [0.29, 0.717) is 35.4 Å². The fraction of sp³-hybridized carbons (Fsp3) is 0.353. The number of likely N-dealkylation sites (tertiary alicyclic amines) is 1. The number of halogens is 1. The molecule has 0 spiro atoms. The van der Waals surface area contributed by atoms with E-state index in [1.54, 1.807) is 17.0 Å². The molecule has 1 amide bonds. The van der Waals surface area contributed by atoms with Crippen LogP contribution in [0, 0.1) is 12.7 Å². The summed E-state index contributed by atoms with van der Waals surface area (Å²) >= 11 is 1.29. The number of rotatable bonds is 3. The Bertz CT molecular complexity index is 923. The smallest absolute Gasteiger partial charge is 0.284 e. The Morgan fingerprint density at radius 1 is 1.31 bits per heavy atom. The molecule has 4 rings (SSSR count). The van der Waals surface area contributed by atoms with Crippen molar-refractivity contribution in [2.45, 2.75) is 25.7 Å². The highest BCUT2D eigenvalue weighted by Gasteiger charge is 2.30. The Labute approximate surface area is 152 Å². The van der Waals surface area contributed by atoms with Gasteiger partial charge in [0.25, 0.3) is 5.91 Å². The van der Waals surface area contributed by atoms with Crippen molar-refractivity contribution in [2.24, 2.45) is 0 Å². The molecule has 1 saturated heterocycles. The highest BCUT2D eigenvalue weighted by atomic mass is 32.1. The zero-order valence-corrected chi connectivity index (χ0v) is 14.9. The molecule has 26 heavy (non-hydrogen) atoms. The number of aromatic nitrogens is 4. The molecular formula is C17H16FN5O2S. The number of aryl methyl sites for hydroxylation is 1. The molecule has 7 nitrogen and oxygen atoms in total. The molecule has 0 bridgehead atoms. The number of hydrogen-bond acceptors (Lipinski definition) is 7. The lowest BCUT2D eigenvalue weighted by Gasteiger charge is -2.30. The van der Waals surface area contributed by atoms with Crippen molar-refractivity contribution in [3.05, 3.63) is 46.0 Å². The first kappa shape index (κ1) is 16.8. The van der Waals surface area contributed by atoms with Gasteiger partial charge in [-0.15, -0.1) is 10.2 Å². The average Bonchev–Trinajstić information content (AvgIpc) is 3.31. The van der Waals surface area contributed by atoms with Gasteiger partial charge in [-0.3, -0.25) is 4.79 Å². The van der Waals surface area contributed by atoms with Crippen LogP contribution in [0.15, 0.2) is 28.8 Å². The number of piperidine rings is 1. The van der Waals surface area contributed by atoms with Crippen LogP contribution >= 0.6 is 11.3 Å². The first-order chi connectivity index (χ1) is 12.6. The number of carbonyl (C=O) groups is 1. The molecule has 1 fully saturated rings. The lowest BCUT2D eigenvalue weighted by atomic mass is 9.98. The van der Waals surface area contributed by atoms with E-state index >= 15 is 0 Å². The minimum Gasteiger partial charge on any atom is -0.339 e. The molecule has 0 aliphatic carbocycles. The number of amides is 1. The normalized spacial score (nSPS) is 17.5. The predicted octanol–water partition coefficient (Wildman–Crippen LogP) is 3.06. The number of benzene rings is 1. The summed E-state index contributed by atoms with van der Waals surface area (Å²) in [6, 6.07) is 5.93. The Kier molecular flexibility index (Phi) is 4.46. The third kappa shape index (κ3) is 3.34. The van der Waals surface area contributed by atoms with Crippen LogP contribution in [0.3, 0.4) is 0 Å². The van der Waals surface area contributed by atoms with Gasteiger partial charge < -0.3 is 9.42 Å². The first-order valence-corrected chi connectivity index (χ1v) is 9.11. The fourth-order valence-corrected chi connectivity index (χ4v) is 3.66. The monoisotopic (exact) mass is 373 g/mol. The van der Waals surface area contributed by atoms with Crippen LogP contribution in [0.2, 0.25) is 0 Å². The van der Waals surface area contributed by atoms with Gasteiger partial charge in [-0.2, -0.15) is 4.98 Å². The molecule has 9 heteroatoms. The molecule has 0 radical (unpaired) electrons. The second-order valence-electron chi connectivity index (χ2n) is 6.18. The van der Waals surface area contributed by atoms with Gasteiger partial charge in [0.2, 0.25) is 16.7 Å². The molecule has 3 heterocycles. The van der Waals surface area contributed by atoms with E-state index in [4.69, 9.17) is 4.52 Å². The quantitative estimate of drug-likeness (QED) is 0.701. The molecule has 0 N–H and O–H groups in total. The first-order valence-electron chi connectivity index (χ1n) is 8.29. The van der Waals surface area contributed by atoms with E-state index in [2.05, 4.69) is 20.3 Å². The minimum absolute atomic E-state index is 0.0246. The highest BCUT2D eigenvalue weighted by molar-refractivity contribution is 7.13. The summed E-state index contributed by atoms with van der Waals surface area (Å²) in [6.07, 6.45) is 1.71. The molecule has 1 unspecified atom stereocenters. The Balaban J connectivity index is 1.49. The van der Waals surface area contributed by atoms with Gasteiger partial charge >= 0.3 is 0 Å². The van der Waals surface area contributed by atoms with Gasteiger partial charge in [0, 0.05) is 18.7 Å². The van der Waals surface area contributed by atoms with Gasteiger partial charge in [-0.1, -0.05) is 16.5 Å². The molecule has 1 aliphatic heterocycles. The van der Waals surface area contributed by atoms with Crippen LogP contribution < -0.4 is 0 Å². The van der Waals surface area contributed by atoms with Crippen molar-refractivity contribution in [2.75, 3.05) is 13.1 Å². The van der Waals surface area contributed by atoms with E-state index in [1.165, 1.54) is 23.5 Å². The summed E-state index contributed by atoms with van der Waals surface area (Å²) in [5.41, 5.74) is 0.689. The maximum absolute atomic E-state index is 13.0. The van der Waals surface area contributed by atoms with E-state index in [0.717, 1.165) is 17.8 Å². The standard InChI is InChI=1S/C17H16FN5O2S/c1-10-20-21-16(26-10)17(24)23-8-2-3-12(9-23)15-19-14(22-25-15)11-4-6-13(18)7-5-11/h4-7,12H,2-3,8-9H2,1H3. The van der Waals surface area contributed by atoms with Gasteiger partial charge in [0.05, 0.1) is 5.92 Å². The zero-order valence-electron chi connectivity index (χ0n) is 14.1. The second-order valence-corrected chi connectivity index (χ2v) is 7.36. The van der Waals surface area contributed by atoms with Crippen LogP contribution in [0.25, 0.3) is 11.4 Å². The van der Waals surface area contributed by atoms with Crippen LogP contribution in [0.1, 0.15) is 39.5 Å². The van der Waals surface area contributed by atoms with E-state index in [-0.39, 0.29) is 17.6 Å². The maximum Gasteiger partial charge on any atom is 0.284 e. The van der Waals surface area contributed by atoms with Crippen molar-refractivity contribution in [3.8, 4) is 11.4 Å². The Morgan fingerprint density at radius 3 is 2.85 bits per heavy atom. The van der Waals surface area contributed by atoms with Gasteiger partial charge in [-0.25, -0.2) is 4.39 Å². The summed E-state index contributed by atoms with van der Waals surface area (Å²) in [5.74, 6) is 0.464. The highest BCUT2D eigenvalue weighted by Crippen LogP contribution is 2.28. The molecule has 1 atom stereocenters. The Hall–Kier alpha value is -2.68. The number of nitrogens with zero attached hydrogens (tertiary/aromatic N) is 5. The van der Waals surface area contributed by atoms with E-state index in [1.807, 2.05) is 6.92 Å². The third-order valence-corrected chi connectivity index (χ3v) is 5.14. The van der Waals surface area contributed by atoms with E-state index < -0.39 is 0 Å². The lowest BCUT2D eigenvalue weighted by molar-refractivity contribution is 0.0694. The molecule has 1 aromatic carbocycles. The zero-order chi connectivity index (χ0) is 18.1. The Morgan fingerprint density at radius 2 is 2.12 bits per heavy atom. The largest absolute Gasteiger partial charge is 0.339 e. The van der Waals surface area contributed by atoms with Crippen LogP contribution in [-0.2, 0) is 0 Å². The molecule has 0 saturated carbocycles. The second kappa shape index (κ2) is 6.91. The summed E-state index contributed by atoms with van der Waals surface area (Å²) < 4.78 is 18.5. The predicted molar refractivity (Wildman–Crippen MR) is 92.2 cm³/mol. The molecule has 3 aromatic rings. The van der Waals surface area contributed by atoms with Crippen LogP contribution in [0.4, 0.5) is 4.39 Å². The molecule has 2 aromatic heterocycles. The fourth-order valence-electron chi connectivity index (χ4n) is 3.00. The lowest BCUT2D eigenvalue weighted by Crippen LogP contribution is -2.39. The van der Waals surface area contributed by atoms with E-state index in [9.17, 15) is 9.18 Å².